The van der Waals surface area contributed by atoms with E-state index in [1.165, 1.54) is 0 Å². The van der Waals surface area contributed by atoms with E-state index in [1.54, 1.807) is 0 Å². The number of nitrogens with zero attached hydrogens (tertiary/aromatic N) is 1. The van der Waals surface area contributed by atoms with Crippen molar-refractivity contribution in [3.63, 3.8) is 0 Å². The molecule has 0 saturated carbocycles. The second-order valence-corrected chi connectivity index (χ2v) is 6.14. The zero-order valence-electron chi connectivity index (χ0n) is 13.8. The van der Waals surface area contributed by atoms with Crippen LogP contribution in [0.2, 0.25) is 0 Å². The smallest absolute Gasteiger partial charge is 0.325 e. The van der Waals surface area contributed by atoms with Crippen molar-refractivity contribution in [2.45, 2.75) is 32.7 Å². The highest BCUT2D eigenvalue weighted by Gasteiger charge is 2.51. The minimum atomic E-state index is -1.09. The van der Waals surface area contributed by atoms with E-state index in [2.05, 4.69) is 10.6 Å². The minimum absolute atomic E-state index is 0.258. The van der Waals surface area contributed by atoms with Crippen LogP contribution in [0.3, 0.4) is 0 Å². The molecule has 2 N–H and O–H groups in total. The van der Waals surface area contributed by atoms with Gasteiger partial charge in [-0.05, 0) is 17.9 Å². The molecule has 124 valence electrons. The summed E-state index contributed by atoms with van der Waals surface area (Å²) in [6.45, 7) is 6.05. The maximum Gasteiger partial charge on any atom is 0.325 e. The molecule has 2 rings (SSSR count). The second-order valence-electron chi connectivity index (χ2n) is 6.14. The summed E-state index contributed by atoms with van der Waals surface area (Å²) in [4.78, 5) is 38.0. The number of nitrogens with one attached hydrogen (secondary N) is 2. The molecular formula is C17H23N3O3. The van der Waals surface area contributed by atoms with E-state index in [4.69, 9.17) is 0 Å². The summed E-state index contributed by atoms with van der Waals surface area (Å²) in [5.74, 6) is -0.404. The predicted molar refractivity (Wildman–Crippen MR) is 86.5 cm³/mol. The molecule has 0 radical (unpaired) electrons. The minimum Gasteiger partial charge on any atom is -0.354 e. The van der Waals surface area contributed by atoms with Crippen LogP contribution in [-0.2, 0) is 15.1 Å². The molecule has 1 atom stereocenters. The standard InChI is InChI=1S/C17H23N3O3/c1-4-17(13-8-6-5-7-9-13)15(22)20(16(23)19-17)11-14(21)18-10-12(2)3/h5-9,12H,4,10-11H2,1-3H3,(H,18,21)(H,19,23). The summed E-state index contributed by atoms with van der Waals surface area (Å²) >= 11 is 0. The zero-order chi connectivity index (χ0) is 17.0. The highest BCUT2D eigenvalue weighted by Crippen LogP contribution is 2.32. The maximum atomic E-state index is 12.8. The first-order chi connectivity index (χ1) is 10.9. The summed E-state index contributed by atoms with van der Waals surface area (Å²) in [5, 5.41) is 5.48. The number of urea groups is 1. The number of carbonyl (C=O) groups excluding carboxylic acids is 3. The molecular weight excluding hydrogens is 294 g/mol. The van der Waals surface area contributed by atoms with Crippen LogP contribution < -0.4 is 10.6 Å². The molecule has 23 heavy (non-hydrogen) atoms. The average Bonchev–Trinajstić information content (AvgIpc) is 2.79. The van der Waals surface area contributed by atoms with Crippen LogP contribution in [0, 0.1) is 5.92 Å². The number of hydrogen-bond acceptors (Lipinski definition) is 3. The Morgan fingerprint density at radius 1 is 1.26 bits per heavy atom. The molecule has 6 heteroatoms. The molecule has 1 aliphatic rings. The Kier molecular flexibility index (Phi) is 5.03. The Hall–Kier alpha value is -2.37. The topological polar surface area (TPSA) is 78.5 Å². The number of carbonyl (C=O) groups is 3. The maximum absolute atomic E-state index is 12.8. The van der Waals surface area contributed by atoms with E-state index in [0.29, 0.717) is 18.9 Å². The van der Waals surface area contributed by atoms with E-state index in [1.807, 2.05) is 51.1 Å². The van der Waals surface area contributed by atoms with Crippen molar-refractivity contribution in [2.75, 3.05) is 13.1 Å². The summed E-state index contributed by atoms with van der Waals surface area (Å²) in [5.41, 5.74) is -0.359. The molecule has 1 aliphatic heterocycles. The van der Waals surface area contributed by atoms with Crippen LogP contribution in [0.25, 0.3) is 0 Å². The van der Waals surface area contributed by atoms with Gasteiger partial charge >= 0.3 is 6.03 Å². The third-order valence-electron chi connectivity index (χ3n) is 3.98. The normalized spacial score (nSPS) is 20.8. The lowest BCUT2D eigenvalue weighted by Crippen LogP contribution is -2.45. The van der Waals surface area contributed by atoms with Crippen molar-refractivity contribution in [3.8, 4) is 0 Å². The highest BCUT2D eigenvalue weighted by atomic mass is 16.2. The van der Waals surface area contributed by atoms with Crippen LogP contribution in [0.1, 0.15) is 32.8 Å². The van der Waals surface area contributed by atoms with Crippen LogP contribution >= 0.6 is 0 Å². The van der Waals surface area contributed by atoms with E-state index in [0.717, 1.165) is 10.5 Å². The third-order valence-corrected chi connectivity index (χ3v) is 3.98. The average molecular weight is 317 g/mol. The van der Waals surface area contributed by atoms with Crippen molar-refractivity contribution < 1.29 is 14.4 Å². The summed E-state index contributed by atoms with van der Waals surface area (Å²) in [6.07, 6.45) is 0.422. The molecule has 1 saturated heterocycles. The fourth-order valence-electron chi connectivity index (χ4n) is 2.65. The Balaban J connectivity index is 2.17. The lowest BCUT2D eigenvalue weighted by Gasteiger charge is -2.25. The number of benzene rings is 1. The molecule has 1 aromatic rings. The molecule has 0 aliphatic carbocycles. The van der Waals surface area contributed by atoms with Crippen molar-refractivity contribution in [1.29, 1.82) is 0 Å². The van der Waals surface area contributed by atoms with Gasteiger partial charge in [0.25, 0.3) is 5.91 Å². The van der Waals surface area contributed by atoms with E-state index in [-0.39, 0.29) is 18.4 Å². The summed E-state index contributed by atoms with van der Waals surface area (Å²) < 4.78 is 0. The van der Waals surface area contributed by atoms with Crippen LogP contribution in [0.5, 0.6) is 0 Å². The van der Waals surface area contributed by atoms with Gasteiger partial charge in [0.2, 0.25) is 5.91 Å². The molecule has 1 aromatic carbocycles. The molecule has 1 fully saturated rings. The van der Waals surface area contributed by atoms with E-state index in [9.17, 15) is 14.4 Å². The number of amides is 4. The molecule has 4 amide bonds. The fraction of sp³-hybridized carbons (Fsp3) is 0.471. The van der Waals surface area contributed by atoms with E-state index < -0.39 is 11.6 Å². The van der Waals surface area contributed by atoms with Gasteiger partial charge in [-0.2, -0.15) is 0 Å². The lowest BCUT2D eigenvalue weighted by molar-refractivity contribution is -0.135. The summed E-state index contributed by atoms with van der Waals surface area (Å²) in [7, 11) is 0. The molecule has 6 nitrogen and oxygen atoms in total. The number of rotatable bonds is 6. The van der Waals surface area contributed by atoms with Gasteiger partial charge in [-0.25, -0.2) is 4.79 Å². The first-order valence-corrected chi connectivity index (χ1v) is 7.87. The number of imide groups is 1. The van der Waals surface area contributed by atoms with Gasteiger partial charge in [0.1, 0.15) is 12.1 Å². The van der Waals surface area contributed by atoms with Gasteiger partial charge in [-0.1, -0.05) is 51.1 Å². The monoisotopic (exact) mass is 317 g/mol. The van der Waals surface area contributed by atoms with Gasteiger partial charge in [0.05, 0.1) is 0 Å². The van der Waals surface area contributed by atoms with Gasteiger partial charge in [0.15, 0.2) is 0 Å². The largest absolute Gasteiger partial charge is 0.354 e. The predicted octanol–water partition coefficient (Wildman–Crippen LogP) is 1.62. The molecule has 0 aromatic heterocycles. The van der Waals surface area contributed by atoms with E-state index >= 15 is 0 Å². The SMILES string of the molecule is CCC1(c2ccccc2)NC(=O)N(CC(=O)NCC(C)C)C1=O. The third kappa shape index (κ3) is 3.36. The van der Waals surface area contributed by atoms with Crippen LogP contribution in [0.15, 0.2) is 30.3 Å². The second kappa shape index (κ2) is 6.81. The Morgan fingerprint density at radius 3 is 2.48 bits per heavy atom. The van der Waals surface area contributed by atoms with Crippen molar-refractivity contribution in [2.24, 2.45) is 5.92 Å². The van der Waals surface area contributed by atoms with Gasteiger partial charge in [-0.3, -0.25) is 14.5 Å². The fourth-order valence-corrected chi connectivity index (χ4v) is 2.65. The van der Waals surface area contributed by atoms with Gasteiger partial charge in [-0.15, -0.1) is 0 Å². The summed E-state index contributed by atoms with van der Waals surface area (Å²) in [6, 6.07) is 8.59. The number of hydrogen-bond donors (Lipinski definition) is 2. The molecule has 0 spiro atoms. The Labute approximate surface area is 136 Å². The van der Waals surface area contributed by atoms with Crippen molar-refractivity contribution in [3.05, 3.63) is 35.9 Å². The molecule has 1 heterocycles. The van der Waals surface area contributed by atoms with Gasteiger partial charge < -0.3 is 10.6 Å². The lowest BCUT2D eigenvalue weighted by atomic mass is 9.87. The van der Waals surface area contributed by atoms with Crippen molar-refractivity contribution in [1.82, 2.24) is 15.5 Å². The molecule has 0 bridgehead atoms. The quantitative estimate of drug-likeness (QED) is 0.783. The first-order valence-electron chi connectivity index (χ1n) is 7.87. The molecule has 1 unspecified atom stereocenters. The Bertz CT molecular complexity index is 600. The van der Waals surface area contributed by atoms with Gasteiger partial charge in [0, 0.05) is 6.54 Å². The van der Waals surface area contributed by atoms with Crippen LogP contribution in [0.4, 0.5) is 4.79 Å². The Morgan fingerprint density at radius 2 is 1.91 bits per heavy atom. The highest BCUT2D eigenvalue weighted by molar-refractivity contribution is 6.09. The first kappa shape index (κ1) is 17.0. The zero-order valence-corrected chi connectivity index (χ0v) is 13.8. The van der Waals surface area contributed by atoms with Crippen molar-refractivity contribution >= 4 is 17.8 Å². The van der Waals surface area contributed by atoms with Crippen LogP contribution in [-0.4, -0.2) is 35.8 Å².